The third-order valence-electron chi connectivity index (χ3n) is 1.23. The minimum atomic E-state index is 0.373. The maximum absolute atomic E-state index is 5.56. The van der Waals surface area contributed by atoms with Crippen LogP contribution in [0.4, 0.5) is 0 Å². The van der Waals surface area contributed by atoms with Crippen LogP contribution in [0.15, 0.2) is 18.5 Å². The van der Waals surface area contributed by atoms with Gasteiger partial charge in [-0.05, 0) is 6.92 Å². The van der Waals surface area contributed by atoms with Gasteiger partial charge in [-0.3, -0.25) is 0 Å². The first-order chi connectivity index (χ1) is 5.24. The average molecular weight is 170 g/mol. The largest absolute Gasteiger partial charge is 0.397 e. The number of rotatable bonds is 1. The third-order valence-corrected chi connectivity index (χ3v) is 1.42. The number of nitrogens with two attached hydrogens (primary N) is 1. The first-order valence-corrected chi connectivity index (χ1v) is 3.51. The van der Waals surface area contributed by atoms with Crippen molar-refractivity contribution in [3.05, 3.63) is 29.3 Å². The van der Waals surface area contributed by atoms with Crippen molar-refractivity contribution in [2.45, 2.75) is 6.92 Å². The standard InChI is InChI=1S/C7H8ClN3/c1-2-5(9)6-3-11-7(8)4-10-6/h2-4H,9H2,1H3. The Hall–Kier alpha value is -1.09. The van der Waals surface area contributed by atoms with Gasteiger partial charge >= 0.3 is 0 Å². The molecule has 0 fully saturated rings. The number of nitrogens with zero attached hydrogens (tertiary/aromatic N) is 2. The highest BCUT2D eigenvalue weighted by atomic mass is 35.5. The molecule has 0 atom stereocenters. The van der Waals surface area contributed by atoms with Crippen molar-refractivity contribution in [2.24, 2.45) is 5.73 Å². The summed E-state index contributed by atoms with van der Waals surface area (Å²) >= 11 is 5.53. The Morgan fingerprint density at radius 3 is 2.73 bits per heavy atom. The van der Waals surface area contributed by atoms with E-state index in [1.165, 1.54) is 12.4 Å². The Morgan fingerprint density at radius 2 is 2.27 bits per heavy atom. The van der Waals surface area contributed by atoms with Gasteiger partial charge in [-0.2, -0.15) is 0 Å². The summed E-state index contributed by atoms with van der Waals surface area (Å²) in [6, 6.07) is 0. The summed E-state index contributed by atoms with van der Waals surface area (Å²) in [7, 11) is 0. The Bertz CT molecular complexity index is 266. The molecule has 1 aromatic rings. The normalized spacial score (nSPS) is 11.6. The molecule has 0 aromatic carbocycles. The Balaban J connectivity index is 2.99. The molecule has 0 bridgehead atoms. The average Bonchev–Trinajstić information content (AvgIpc) is 2.05. The highest BCUT2D eigenvalue weighted by Gasteiger charge is 1.96. The van der Waals surface area contributed by atoms with Crippen molar-refractivity contribution in [2.75, 3.05) is 0 Å². The maximum Gasteiger partial charge on any atom is 0.147 e. The molecular weight excluding hydrogens is 162 g/mol. The molecule has 0 aliphatic rings. The van der Waals surface area contributed by atoms with Gasteiger partial charge in [0, 0.05) is 0 Å². The zero-order valence-corrected chi connectivity index (χ0v) is 6.84. The first kappa shape index (κ1) is 8.01. The third kappa shape index (κ3) is 1.91. The molecule has 0 saturated heterocycles. The second-order valence-corrected chi connectivity index (χ2v) is 2.36. The van der Waals surface area contributed by atoms with E-state index in [0.717, 1.165) is 0 Å². The molecule has 0 aliphatic heterocycles. The first-order valence-electron chi connectivity index (χ1n) is 3.13. The van der Waals surface area contributed by atoms with Crippen LogP contribution < -0.4 is 5.73 Å². The molecule has 2 N–H and O–H groups in total. The molecule has 4 heteroatoms. The van der Waals surface area contributed by atoms with E-state index >= 15 is 0 Å². The zero-order valence-electron chi connectivity index (χ0n) is 6.08. The fraction of sp³-hybridized carbons (Fsp3) is 0.143. The van der Waals surface area contributed by atoms with Gasteiger partial charge in [0.2, 0.25) is 0 Å². The molecular formula is C7H8ClN3. The SMILES string of the molecule is CC=C(N)c1cnc(Cl)cn1. The quantitative estimate of drug-likeness (QED) is 0.693. The van der Waals surface area contributed by atoms with Crippen molar-refractivity contribution < 1.29 is 0 Å². The van der Waals surface area contributed by atoms with Crippen molar-refractivity contribution in [3.8, 4) is 0 Å². The van der Waals surface area contributed by atoms with Crippen LogP contribution in [0, 0.1) is 0 Å². The van der Waals surface area contributed by atoms with Gasteiger partial charge in [-0.1, -0.05) is 17.7 Å². The fourth-order valence-electron chi connectivity index (χ4n) is 0.609. The Kier molecular flexibility index (Phi) is 2.44. The minimum Gasteiger partial charge on any atom is -0.397 e. The van der Waals surface area contributed by atoms with Gasteiger partial charge in [0.05, 0.1) is 18.1 Å². The predicted molar refractivity (Wildman–Crippen MR) is 44.9 cm³/mol. The lowest BCUT2D eigenvalue weighted by Crippen LogP contribution is -1.98. The van der Waals surface area contributed by atoms with E-state index in [0.29, 0.717) is 16.5 Å². The van der Waals surface area contributed by atoms with Gasteiger partial charge in [0.25, 0.3) is 0 Å². The topological polar surface area (TPSA) is 51.8 Å². The molecule has 58 valence electrons. The summed E-state index contributed by atoms with van der Waals surface area (Å²) in [6.45, 7) is 1.84. The van der Waals surface area contributed by atoms with Gasteiger partial charge < -0.3 is 5.73 Å². The number of aromatic nitrogens is 2. The second kappa shape index (κ2) is 3.34. The van der Waals surface area contributed by atoms with Crippen LogP contribution in [0.5, 0.6) is 0 Å². The zero-order chi connectivity index (χ0) is 8.27. The van der Waals surface area contributed by atoms with Crippen molar-refractivity contribution in [3.63, 3.8) is 0 Å². The van der Waals surface area contributed by atoms with Crippen LogP contribution in [-0.2, 0) is 0 Å². The van der Waals surface area contributed by atoms with Gasteiger partial charge in [-0.15, -0.1) is 0 Å². The summed E-state index contributed by atoms with van der Waals surface area (Å²) in [5, 5.41) is 0.373. The van der Waals surface area contributed by atoms with Crippen LogP contribution in [0.25, 0.3) is 5.70 Å². The highest BCUT2D eigenvalue weighted by Crippen LogP contribution is 2.05. The molecule has 0 radical (unpaired) electrons. The lowest BCUT2D eigenvalue weighted by atomic mass is 10.3. The Morgan fingerprint density at radius 1 is 1.55 bits per heavy atom. The molecule has 0 unspecified atom stereocenters. The van der Waals surface area contributed by atoms with E-state index < -0.39 is 0 Å². The van der Waals surface area contributed by atoms with Crippen LogP contribution in [-0.4, -0.2) is 9.97 Å². The lowest BCUT2D eigenvalue weighted by molar-refractivity contribution is 1.16. The second-order valence-electron chi connectivity index (χ2n) is 1.97. The monoisotopic (exact) mass is 169 g/mol. The van der Waals surface area contributed by atoms with E-state index in [-0.39, 0.29) is 0 Å². The van der Waals surface area contributed by atoms with Gasteiger partial charge in [0.15, 0.2) is 0 Å². The molecule has 1 aromatic heterocycles. The number of hydrogen-bond acceptors (Lipinski definition) is 3. The Labute approximate surface area is 69.9 Å². The molecule has 0 spiro atoms. The van der Waals surface area contributed by atoms with E-state index in [4.69, 9.17) is 17.3 Å². The minimum absolute atomic E-state index is 0.373. The molecule has 0 saturated carbocycles. The van der Waals surface area contributed by atoms with Crippen LogP contribution >= 0.6 is 11.6 Å². The van der Waals surface area contributed by atoms with Crippen molar-refractivity contribution in [1.29, 1.82) is 0 Å². The summed E-state index contributed by atoms with van der Waals surface area (Å²) in [5.41, 5.74) is 6.82. The molecule has 1 rings (SSSR count). The molecule has 0 aliphatic carbocycles. The summed E-state index contributed by atoms with van der Waals surface area (Å²) < 4.78 is 0. The smallest absolute Gasteiger partial charge is 0.147 e. The molecule has 3 nitrogen and oxygen atoms in total. The van der Waals surface area contributed by atoms with Crippen LogP contribution in [0.2, 0.25) is 5.15 Å². The van der Waals surface area contributed by atoms with Gasteiger partial charge in [0.1, 0.15) is 10.8 Å². The number of halogens is 1. The summed E-state index contributed by atoms with van der Waals surface area (Å²) in [4.78, 5) is 7.79. The fourth-order valence-corrected chi connectivity index (χ4v) is 0.707. The highest BCUT2D eigenvalue weighted by molar-refractivity contribution is 6.29. The number of hydrogen-bond donors (Lipinski definition) is 1. The lowest BCUT2D eigenvalue weighted by Gasteiger charge is -1.97. The van der Waals surface area contributed by atoms with E-state index in [2.05, 4.69) is 9.97 Å². The van der Waals surface area contributed by atoms with E-state index in [1.807, 2.05) is 6.92 Å². The maximum atomic E-state index is 5.56. The van der Waals surface area contributed by atoms with Crippen LogP contribution in [0.3, 0.4) is 0 Å². The van der Waals surface area contributed by atoms with Crippen LogP contribution in [0.1, 0.15) is 12.6 Å². The van der Waals surface area contributed by atoms with Crippen molar-refractivity contribution >= 4 is 17.3 Å². The molecule has 0 amide bonds. The van der Waals surface area contributed by atoms with Gasteiger partial charge in [-0.25, -0.2) is 9.97 Å². The van der Waals surface area contributed by atoms with Crippen molar-refractivity contribution in [1.82, 2.24) is 9.97 Å². The van der Waals surface area contributed by atoms with E-state index in [1.54, 1.807) is 6.08 Å². The summed E-state index contributed by atoms with van der Waals surface area (Å²) in [6.07, 6.45) is 4.77. The number of allylic oxidation sites excluding steroid dienone is 1. The van der Waals surface area contributed by atoms with E-state index in [9.17, 15) is 0 Å². The molecule has 1 heterocycles. The predicted octanol–water partition coefficient (Wildman–Crippen LogP) is 1.45. The molecule has 11 heavy (non-hydrogen) atoms. The summed E-state index contributed by atoms with van der Waals surface area (Å²) in [5.74, 6) is 0.